The Labute approximate surface area is 151 Å². The zero-order chi connectivity index (χ0) is 17.9. The lowest BCUT2D eigenvalue weighted by atomic mass is 10.1. The maximum absolute atomic E-state index is 12.6. The van der Waals surface area contributed by atoms with E-state index in [0.29, 0.717) is 24.1 Å². The highest BCUT2D eigenvalue weighted by molar-refractivity contribution is 5.93. The highest BCUT2D eigenvalue weighted by Crippen LogP contribution is 2.21. The van der Waals surface area contributed by atoms with E-state index in [2.05, 4.69) is 20.6 Å². The molecule has 2 heterocycles. The van der Waals surface area contributed by atoms with E-state index < -0.39 is 0 Å². The summed E-state index contributed by atoms with van der Waals surface area (Å²) in [6, 6.07) is 21.4. The van der Waals surface area contributed by atoms with Crippen molar-refractivity contribution in [2.75, 3.05) is 5.32 Å². The van der Waals surface area contributed by atoms with Crippen LogP contribution in [0.2, 0.25) is 0 Å². The van der Waals surface area contributed by atoms with Crippen molar-refractivity contribution < 1.29 is 0 Å². The molecule has 1 atom stereocenters. The third-order valence-corrected chi connectivity index (χ3v) is 4.22. The molecule has 4 rings (SSSR count). The van der Waals surface area contributed by atoms with Gasteiger partial charge in [-0.2, -0.15) is 0 Å². The highest BCUT2D eigenvalue weighted by atomic mass is 16.1. The summed E-state index contributed by atoms with van der Waals surface area (Å²) in [7, 11) is 0. The van der Waals surface area contributed by atoms with Crippen LogP contribution in [0.1, 0.15) is 23.0 Å². The molecule has 2 N–H and O–H groups in total. The van der Waals surface area contributed by atoms with Crippen molar-refractivity contribution in [3.8, 4) is 0 Å². The number of aliphatic imine (C=N–C) groups is 1. The zero-order valence-electron chi connectivity index (χ0n) is 14.4. The first-order valence-electron chi connectivity index (χ1n) is 8.48. The monoisotopic (exact) mass is 345 g/mol. The molecular weight excluding hydrogens is 326 g/mol. The predicted octanol–water partition coefficient (Wildman–Crippen LogP) is 2.67. The molecular formula is C20H19N5O. The van der Waals surface area contributed by atoms with Gasteiger partial charge in [0, 0.05) is 11.8 Å². The van der Waals surface area contributed by atoms with Crippen molar-refractivity contribution >= 4 is 11.9 Å². The van der Waals surface area contributed by atoms with Crippen LogP contribution in [0.5, 0.6) is 0 Å². The van der Waals surface area contributed by atoms with Gasteiger partial charge in [0.2, 0.25) is 5.95 Å². The van der Waals surface area contributed by atoms with Gasteiger partial charge >= 0.3 is 0 Å². The molecule has 0 unspecified atom stereocenters. The third kappa shape index (κ3) is 3.21. The maximum Gasteiger partial charge on any atom is 0.257 e. The molecule has 0 saturated carbocycles. The second-order valence-corrected chi connectivity index (χ2v) is 6.16. The number of aryl methyl sites for hydroxylation is 1. The molecule has 3 aromatic rings. The van der Waals surface area contributed by atoms with Crippen LogP contribution in [0.25, 0.3) is 0 Å². The molecule has 130 valence electrons. The topological polar surface area (TPSA) is 71.3 Å². The van der Waals surface area contributed by atoms with Crippen molar-refractivity contribution in [3.05, 3.63) is 93.9 Å². The van der Waals surface area contributed by atoms with E-state index in [1.165, 1.54) is 6.07 Å². The van der Waals surface area contributed by atoms with E-state index in [4.69, 9.17) is 0 Å². The van der Waals surface area contributed by atoms with Crippen LogP contribution in [-0.2, 0) is 6.54 Å². The number of rotatable bonds is 3. The lowest BCUT2D eigenvalue weighted by Gasteiger charge is -2.31. The molecule has 0 amide bonds. The summed E-state index contributed by atoms with van der Waals surface area (Å²) in [5.41, 5.74) is 2.64. The molecule has 0 bridgehead atoms. The fraction of sp³-hybridized carbons (Fsp3) is 0.150. The molecule has 26 heavy (non-hydrogen) atoms. The Bertz CT molecular complexity index is 996. The Morgan fingerprint density at radius 2 is 1.77 bits per heavy atom. The largest absolute Gasteiger partial charge is 0.331 e. The lowest BCUT2D eigenvalue weighted by molar-refractivity contribution is 0.515. The smallest absolute Gasteiger partial charge is 0.257 e. The number of hydrogen-bond acceptors (Lipinski definition) is 3. The van der Waals surface area contributed by atoms with Crippen LogP contribution in [0, 0.1) is 6.92 Å². The van der Waals surface area contributed by atoms with Gasteiger partial charge in [0.1, 0.15) is 6.17 Å². The van der Waals surface area contributed by atoms with Gasteiger partial charge < -0.3 is 5.32 Å². The first-order valence-corrected chi connectivity index (χ1v) is 8.48. The van der Waals surface area contributed by atoms with E-state index in [1.807, 2.05) is 67.6 Å². The van der Waals surface area contributed by atoms with Crippen molar-refractivity contribution in [3.63, 3.8) is 0 Å². The minimum atomic E-state index is -0.359. The lowest BCUT2D eigenvalue weighted by Crippen LogP contribution is -2.48. The molecule has 1 aliphatic heterocycles. The summed E-state index contributed by atoms with van der Waals surface area (Å²) in [4.78, 5) is 21.7. The van der Waals surface area contributed by atoms with Gasteiger partial charge in [-0.15, -0.1) is 0 Å². The van der Waals surface area contributed by atoms with Crippen molar-refractivity contribution in [2.45, 2.75) is 19.6 Å². The molecule has 6 heteroatoms. The fourth-order valence-electron chi connectivity index (χ4n) is 2.99. The summed E-state index contributed by atoms with van der Waals surface area (Å²) in [5.74, 6) is 1.09. The maximum atomic E-state index is 12.6. The predicted molar refractivity (Wildman–Crippen MR) is 102 cm³/mol. The molecule has 1 aliphatic rings. The molecule has 0 aliphatic carbocycles. The fourth-order valence-corrected chi connectivity index (χ4v) is 2.99. The quantitative estimate of drug-likeness (QED) is 0.766. The molecule has 2 aromatic carbocycles. The minimum Gasteiger partial charge on any atom is -0.331 e. The van der Waals surface area contributed by atoms with Crippen LogP contribution in [0.15, 0.2) is 76.5 Å². The standard InChI is InChI=1S/C20H19N5O/c1-14-12-17(26)25-18(16-10-6-3-7-11-16)23-19(24-20(25)22-14)21-13-15-8-4-2-5-9-15/h2-12,18H,13H2,1H3,(H2,21,22,23,24)/t18-/m1/s1. The highest BCUT2D eigenvalue weighted by Gasteiger charge is 2.26. The second-order valence-electron chi connectivity index (χ2n) is 6.16. The number of fused-ring (bicyclic) bond motifs is 1. The number of nitrogens with zero attached hydrogens (tertiary/aromatic N) is 3. The Kier molecular flexibility index (Phi) is 4.23. The molecule has 0 radical (unpaired) electrons. The summed E-state index contributed by atoms with van der Waals surface area (Å²) >= 11 is 0. The summed E-state index contributed by atoms with van der Waals surface area (Å²) in [6.45, 7) is 2.35. The minimum absolute atomic E-state index is 0.108. The Morgan fingerprint density at radius 3 is 2.50 bits per heavy atom. The van der Waals surface area contributed by atoms with Gasteiger partial charge in [-0.05, 0) is 18.1 Å². The SMILES string of the molecule is Cc1cc(=O)n2c(n1)NC(=NCc1ccccc1)N[C@H]2c1ccccc1. The van der Waals surface area contributed by atoms with E-state index in [-0.39, 0.29) is 11.7 Å². The number of anilines is 1. The normalized spacial score (nSPS) is 17.3. The van der Waals surface area contributed by atoms with Gasteiger partial charge in [0.05, 0.1) is 6.54 Å². The van der Waals surface area contributed by atoms with Crippen molar-refractivity contribution in [2.24, 2.45) is 4.99 Å². The third-order valence-electron chi connectivity index (χ3n) is 4.22. The number of aromatic nitrogens is 2. The molecule has 0 fully saturated rings. The van der Waals surface area contributed by atoms with Crippen LogP contribution in [0.4, 0.5) is 5.95 Å². The number of hydrogen-bond donors (Lipinski definition) is 2. The Hall–Kier alpha value is -3.41. The van der Waals surface area contributed by atoms with Gasteiger partial charge in [-0.3, -0.25) is 14.7 Å². The van der Waals surface area contributed by atoms with Gasteiger partial charge in [0.15, 0.2) is 5.96 Å². The average molecular weight is 345 g/mol. The molecule has 0 spiro atoms. The summed E-state index contributed by atoms with van der Waals surface area (Å²) in [5, 5.41) is 6.46. The summed E-state index contributed by atoms with van der Waals surface area (Å²) in [6.07, 6.45) is -0.359. The summed E-state index contributed by atoms with van der Waals surface area (Å²) < 4.78 is 1.61. The van der Waals surface area contributed by atoms with E-state index in [1.54, 1.807) is 4.57 Å². The van der Waals surface area contributed by atoms with Crippen LogP contribution >= 0.6 is 0 Å². The van der Waals surface area contributed by atoms with Crippen molar-refractivity contribution in [1.29, 1.82) is 0 Å². The number of benzene rings is 2. The number of guanidine groups is 1. The van der Waals surface area contributed by atoms with Crippen molar-refractivity contribution in [1.82, 2.24) is 14.9 Å². The van der Waals surface area contributed by atoms with Crippen LogP contribution in [-0.4, -0.2) is 15.5 Å². The Morgan fingerprint density at radius 1 is 1.08 bits per heavy atom. The van der Waals surface area contributed by atoms with E-state index >= 15 is 0 Å². The zero-order valence-corrected chi connectivity index (χ0v) is 14.4. The van der Waals surface area contributed by atoms with Gasteiger partial charge in [0.25, 0.3) is 5.56 Å². The van der Waals surface area contributed by atoms with E-state index in [9.17, 15) is 4.79 Å². The first kappa shape index (κ1) is 16.1. The number of nitrogens with one attached hydrogen (secondary N) is 2. The van der Waals surface area contributed by atoms with E-state index in [0.717, 1.165) is 11.1 Å². The van der Waals surface area contributed by atoms with Gasteiger partial charge in [-0.25, -0.2) is 9.98 Å². The van der Waals surface area contributed by atoms with Crippen LogP contribution < -0.4 is 16.2 Å². The molecule has 1 aromatic heterocycles. The van der Waals surface area contributed by atoms with Crippen LogP contribution in [0.3, 0.4) is 0 Å². The molecule has 0 saturated heterocycles. The average Bonchev–Trinajstić information content (AvgIpc) is 2.67. The Balaban J connectivity index is 1.73. The second kappa shape index (κ2) is 6.84. The van der Waals surface area contributed by atoms with Gasteiger partial charge in [-0.1, -0.05) is 60.7 Å². The first-order chi connectivity index (χ1) is 12.7. The molecule has 6 nitrogen and oxygen atoms in total.